The molecule has 0 amide bonds. The summed E-state index contributed by atoms with van der Waals surface area (Å²) in [5, 5.41) is 0. The van der Waals surface area contributed by atoms with Crippen molar-refractivity contribution < 1.29 is 28.6 Å². The van der Waals surface area contributed by atoms with Crippen LogP contribution in [0.4, 0.5) is 0 Å². The van der Waals surface area contributed by atoms with Crippen LogP contribution in [0.2, 0.25) is 0 Å². The minimum absolute atomic E-state index is 0.115. The lowest BCUT2D eigenvalue weighted by Crippen LogP contribution is -2.30. The zero-order valence-corrected chi connectivity index (χ0v) is 34.7. The van der Waals surface area contributed by atoms with E-state index in [2.05, 4.69) is 93.7 Å². The van der Waals surface area contributed by atoms with E-state index in [-0.39, 0.29) is 31.6 Å². The van der Waals surface area contributed by atoms with Crippen molar-refractivity contribution in [2.24, 2.45) is 0 Å². The van der Waals surface area contributed by atoms with Crippen molar-refractivity contribution in [1.82, 2.24) is 0 Å². The van der Waals surface area contributed by atoms with Crippen molar-refractivity contribution in [3.8, 4) is 0 Å². The van der Waals surface area contributed by atoms with Crippen LogP contribution < -0.4 is 0 Å². The van der Waals surface area contributed by atoms with E-state index in [9.17, 15) is 14.4 Å². The van der Waals surface area contributed by atoms with E-state index in [4.69, 9.17) is 14.2 Å². The highest BCUT2D eigenvalue weighted by Crippen LogP contribution is 2.12. The molecular formula is C48H78O6. The van der Waals surface area contributed by atoms with Crippen molar-refractivity contribution in [3.05, 3.63) is 85.1 Å². The maximum Gasteiger partial charge on any atom is 0.309 e. The molecule has 0 fully saturated rings. The number of rotatable bonds is 37. The molecule has 1 atom stereocenters. The second-order valence-corrected chi connectivity index (χ2v) is 13.8. The van der Waals surface area contributed by atoms with Gasteiger partial charge in [-0.05, 0) is 83.5 Å². The van der Waals surface area contributed by atoms with Gasteiger partial charge in [-0.25, -0.2) is 0 Å². The van der Waals surface area contributed by atoms with Crippen LogP contribution in [0.1, 0.15) is 181 Å². The average Bonchev–Trinajstić information content (AvgIpc) is 3.17. The van der Waals surface area contributed by atoms with Gasteiger partial charge in [0.2, 0.25) is 0 Å². The monoisotopic (exact) mass is 751 g/mol. The molecule has 0 heterocycles. The predicted molar refractivity (Wildman–Crippen MR) is 228 cm³/mol. The summed E-state index contributed by atoms with van der Waals surface area (Å²) < 4.78 is 16.5. The van der Waals surface area contributed by atoms with Crippen LogP contribution in [0.3, 0.4) is 0 Å². The Kier molecular flexibility index (Phi) is 39.7. The molecule has 6 nitrogen and oxygen atoms in total. The van der Waals surface area contributed by atoms with Crippen LogP contribution in [0, 0.1) is 0 Å². The third-order valence-corrected chi connectivity index (χ3v) is 8.65. The average molecular weight is 751 g/mol. The first-order chi connectivity index (χ1) is 26.5. The topological polar surface area (TPSA) is 78.9 Å². The second-order valence-electron chi connectivity index (χ2n) is 13.8. The van der Waals surface area contributed by atoms with Gasteiger partial charge >= 0.3 is 17.9 Å². The van der Waals surface area contributed by atoms with E-state index >= 15 is 0 Å². The molecular weight excluding hydrogens is 673 g/mol. The minimum Gasteiger partial charge on any atom is -0.462 e. The smallest absolute Gasteiger partial charge is 0.309 e. The van der Waals surface area contributed by atoms with Crippen molar-refractivity contribution >= 4 is 17.9 Å². The van der Waals surface area contributed by atoms with Gasteiger partial charge in [-0.3, -0.25) is 14.4 Å². The molecule has 0 aliphatic heterocycles. The molecule has 0 aromatic carbocycles. The van der Waals surface area contributed by atoms with Crippen molar-refractivity contribution in [2.75, 3.05) is 13.2 Å². The molecule has 0 spiro atoms. The van der Waals surface area contributed by atoms with Crippen LogP contribution in [-0.4, -0.2) is 37.2 Å². The SMILES string of the molecule is CC/C=C\C/C=C\C/C=C\CCCCCCCCC(=O)OCC(COC(=O)C/C=C\C/C=C\C/C=C\CC)OC(=O)CCCCCCC/C=C\CCCC. The third-order valence-electron chi connectivity index (χ3n) is 8.65. The Hall–Kier alpha value is -3.41. The summed E-state index contributed by atoms with van der Waals surface area (Å²) in [4.78, 5) is 37.5. The standard InChI is InChI=1S/C48H78O6/c1-4-7-10-13-16-19-21-22-23-24-25-27-29-32-35-38-41-47(50)53-44-45(43-52-46(49)40-37-34-31-28-18-15-12-9-6-3)54-48(51)42-39-36-33-30-26-20-17-14-11-8-5-2/h7,9-10,12,14,16-19,22-23,28,34,37,45H,4-6,8,11,13,15,20-21,24-27,29-33,35-36,38-44H2,1-3H3/b10-7-,12-9-,17-14-,19-16-,23-22-,28-18-,37-34-. The van der Waals surface area contributed by atoms with Crippen molar-refractivity contribution in [1.29, 1.82) is 0 Å². The lowest BCUT2D eigenvalue weighted by molar-refractivity contribution is -0.166. The van der Waals surface area contributed by atoms with Crippen LogP contribution >= 0.6 is 0 Å². The molecule has 0 bridgehead atoms. The van der Waals surface area contributed by atoms with Gasteiger partial charge in [0.1, 0.15) is 13.2 Å². The molecule has 0 aromatic rings. The highest BCUT2D eigenvalue weighted by molar-refractivity contribution is 5.72. The maximum absolute atomic E-state index is 12.7. The van der Waals surface area contributed by atoms with Crippen LogP contribution in [0.5, 0.6) is 0 Å². The Morgan fingerprint density at radius 1 is 0.407 bits per heavy atom. The molecule has 0 radical (unpaired) electrons. The van der Waals surface area contributed by atoms with Gasteiger partial charge in [-0.15, -0.1) is 0 Å². The van der Waals surface area contributed by atoms with E-state index in [0.717, 1.165) is 103 Å². The van der Waals surface area contributed by atoms with E-state index in [0.29, 0.717) is 12.8 Å². The third kappa shape index (κ3) is 39.8. The normalized spacial score (nSPS) is 12.9. The lowest BCUT2D eigenvalue weighted by atomic mass is 10.1. The molecule has 54 heavy (non-hydrogen) atoms. The van der Waals surface area contributed by atoms with Crippen LogP contribution in [0.25, 0.3) is 0 Å². The molecule has 0 aliphatic rings. The molecule has 0 saturated carbocycles. The molecule has 0 N–H and O–H groups in total. The number of hydrogen-bond donors (Lipinski definition) is 0. The minimum atomic E-state index is -0.819. The van der Waals surface area contributed by atoms with Gasteiger partial charge in [0, 0.05) is 12.8 Å². The predicted octanol–water partition coefficient (Wildman–Crippen LogP) is 13.7. The summed E-state index contributed by atoms with van der Waals surface area (Å²) in [6.07, 6.45) is 53.1. The zero-order valence-electron chi connectivity index (χ0n) is 34.7. The van der Waals surface area contributed by atoms with Crippen LogP contribution in [-0.2, 0) is 28.6 Å². The number of ether oxygens (including phenoxy) is 3. The summed E-state index contributed by atoms with van der Waals surface area (Å²) in [6, 6.07) is 0. The first-order valence-corrected chi connectivity index (χ1v) is 21.6. The first-order valence-electron chi connectivity index (χ1n) is 21.6. The Balaban J connectivity index is 4.45. The number of carbonyl (C=O) groups excluding carboxylic acids is 3. The Morgan fingerprint density at radius 2 is 0.796 bits per heavy atom. The van der Waals surface area contributed by atoms with E-state index in [1.807, 2.05) is 6.08 Å². The van der Waals surface area contributed by atoms with E-state index in [1.54, 1.807) is 6.08 Å². The molecule has 1 unspecified atom stereocenters. The fourth-order valence-corrected chi connectivity index (χ4v) is 5.44. The van der Waals surface area contributed by atoms with Crippen molar-refractivity contribution in [2.45, 2.75) is 187 Å². The highest BCUT2D eigenvalue weighted by atomic mass is 16.6. The summed E-state index contributed by atoms with van der Waals surface area (Å²) in [7, 11) is 0. The van der Waals surface area contributed by atoms with Gasteiger partial charge in [-0.1, -0.05) is 164 Å². The maximum atomic E-state index is 12.7. The summed E-state index contributed by atoms with van der Waals surface area (Å²) >= 11 is 0. The van der Waals surface area contributed by atoms with E-state index in [1.165, 1.54) is 38.5 Å². The molecule has 0 saturated heterocycles. The number of esters is 3. The number of hydrogen-bond acceptors (Lipinski definition) is 6. The summed E-state index contributed by atoms with van der Waals surface area (Å²) in [5.74, 6) is -1.08. The Labute approximate surface area is 331 Å². The highest BCUT2D eigenvalue weighted by Gasteiger charge is 2.19. The quantitative estimate of drug-likeness (QED) is 0.0272. The van der Waals surface area contributed by atoms with Gasteiger partial charge in [0.15, 0.2) is 6.10 Å². The Bertz CT molecular complexity index is 1090. The summed E-state index contributed by atoms with van der Waals surface area (Å²) in [6.45, 7) is 6.22. The van der Waals surface area contributed by atoms with Gasteiger partial charge < -0.3 is 14.2 Å². The fourth-order valence-electron chi connectivity index (χ4n) is 5.44. The molecule has 6 heteroatoms. The molecule has 0 aromatic heterocycles. The van der Waals surface area contributed by atoms with Crippen LogP contribution in [0.15, 0.2) is 85.1 Å². The molecule has 0 aliphatic carbocycles. The lowest BCUT2D eigenvalue weighted by Gasteiger charge is -2.18. The summed E-state index contributed by atoms with van der Waals surface area (Å²) in [5.41, 5.74) is 0. The number of carbonyl (C=O) groups is 3. The zero-order chi connectivity index (χ0) is 39.4. The van der Waals surface area contributed by atoms with E-state index < -0.39 is 12.1 Å². The second kappa shape index (κ2) is 42.3. The number of allylic oxidation sites excluding steroid dienone is 13. The van der Waals surface area contributed by atoms with Gasteiger partial charge in [0.25, 0.3) is 0 Å². The number of unbranched alkanes of at least 4 members (excludes halogenated alkanes) is 13. The van der Waals surface area contributed by atoms with Crippen molar-refractivity contribution in [3.63, 3.8) is 0 Å². The van der Waals surface area contributed by atoms with Gasteiger partial charge in [0.05, 0.1) is 6.42 Å². The van der Waals surface area contributed by atoms with Gasteiger partial charge in [-0.2, -0.15) is 0 Å². The molecule has 0 rings (SSSR count). The molecule has 306 valence electrons. The fraction of sp³-hybridized carbons (Fsp3) is 0.646. The largest absolute Gasteiger partial charge is 0.462 e. The first kappa shape index (κ1) is 50.6. The Morgan fingerprint density at radius 3 is 1.31 bits per heavy atom.